The van der Waals surface area contributed by atoms with Crippen LogP contribution >= 0.6 is 0 Å². The predicted octanol–water partition coefficient (Wildman–Crippen LogP) is 5.83. The Morgan fingerprint density at radius 1 is 1.10 bits per heavy atom. The average Bonchev–Trinajstić information content (AvgIpc) is 3.75. The van der Waals surface area contributed by atoms with Gasteiger partial charge in [0.25, 0.3) is 0 Å². The second-order valence-corrected chi connectivity index (χ2v) is 13.8. The molecule has 6 nitrogen and oxygen atoms in total. The quantitative estimate of drug-likeness (QED) is 0.451. The summed E-state index contributed by atoms with van der Waals surface area (Å²) in [6, 6.07) is 6.64. The van der Waals surface area contributed by atoms with Gasteiger partial charge in [0, 0.05) is 24.5 Å². The van der Waals surface area contributed by atoms with Gasteiger partial charge >= 0.3 is 0 Å². The Balaban J connectivity index is 1.15. The molecule has 7 heteroatoms. The Labute approximate surface area is 236 Å². The van der Waals surface area contributed by atoms with Gasteiger partial charge in [0.15, 0.2) is 0 Å². The molecule has 0 radical (unpaired) electrons. The number of nitrogens with zero attached hydrogens (tertiary/aromatic N) is 2. The van der Waals surface area contributed by atoms with Crippen LogP contribution in [0.2, 0.25) is 0 Å². The van der Waals surface area contributed by atoms with Crippen molar-refractivity contribution in [2.24, 2.45) is 39.9 Å². The minimum Gasteiger partial charge on any atom is -0.381 e. The lowest BCUT2D eigenvalue weighted by atomic mass is 9.44. The van der Waals surface area contributed by atoms with Crippen molar-refractivity contribution in [3.05, 3.63) is 53.1 Å². The summed E-state index contributed by atoms with van der Waals surface area (Å²) in [6.07, 6.45) is 12.6. The number of aromatic nitrogens is 2. The molecule has 2 saturated heterocycles. The highest BCUT2D eigenvalue weighted by atomic mass is 19.1. The number of halogens is 1. The van der Waals surface area contributed by atoms with Crippen LogP contribution in [0.3, 0.4) is 0 Å². The van der Waals surface area contributed by atoms with E-state index in [1.807, 2.05) is 23.0 Å². The summed E-state index contributed by atoms with van der Waals surface area (Å²) in [5, 5.41) is 4.75. The fraction of sp³-hybridized carbons (Fsp3) is 0.667. The standard InChI is InChI=1S/C33H41FN2O4/c1-31-15-29(40-20-37-2)30-25(27(31)9-10-33(31)19-39-18-32(33)11-12-38-17-32)8-3-21-14-28-22(13-26(21)30)16-35-36(28)24-6-4-23(34)5-7-24/h4-7,14,16,25-27,29-30H,3,8-13,15,17-20H2,1-2H3. The predicted molar refractivity (Wildman–Crippen MR) is 148 cm³/mol. The van der Waals surface area contributed by atoms with E-state index in [0.29, 0.717) is 30.5 Å². The lowest BCUT2D eigenvalue weighted by Gasteiger charge is -2.61. The molecule has 5 fully saturated rings. The van der Waals surface area contributed by atoms with E-state index >= 15 is 0 Å². The van der Waals surface area contributed by atoms with E-state index in [2.05, 4.69) is 13.0 Å². The molecule has 1 aromatic heterocycles. The maximum atomic E-state index is 13.6. The van der Waals surface area contributed by atoms with Crippen LogP contribution < -0.4 is 0 Å². The third kappa shape index (κ3) is 3.38. The summed E-state index contributed by atoms with van der Waals surface area (Å²) in [5.41, 5.74) is 5.37. The second-order valence-electron chi connectivity index (χ2n) is 13.8. The third-order valence-electron chi connectivity index (χ3n) is 12.5. The largest absolute Gasteiger partial charge is 0.381 e. The summed E-state index contributed by atoms with van der Waals surface area (Å²) in [5.74, 6) is 2.03. The van der Waals surface area contributed by atoms with E-state index < -0.39 is 0 Å². The number of fused-ring (bicyclic) bond motifs is 8. The molecule has 1 aromatic carbocycles. The fourth-order valence-corrected chi connectivity index (χ4v) is 10.8. The first-order valence-corrected chi connectivity index (χ1v) is 15.3. The van der Waals surface area contributed by atoms with E-state index in [9.17, 15) is 4.39 Å². The van der Waals surface area contributed by atoms with Gasteiger partial charge in [0.05, 0.1) is 43.5 Å². The highest BCUT2D eigenvalue weighted by Gasteiger charge is 2.73. The highest BCUT2D eigenvalue weighted by molar-refractivity contribution is 5.60. The van der Waals surface area contributed by atoms with Gasteiger partial charge in [-0.15, -0.1) is 0 Å². The number of rotatable bonds is 4. The summed E-state index contributed by atoms with van der Waals surface area (Å²) >= 11 is 0. The molecule has 4 aliphatic carbocycles. The van der Waals surface area contributed by atoms with Crippen LogP contribution in [0.4, 0.5) is 4.39 Å². The van der Waals surface area contributed by atoms with Crippen LogP contribution in [0.5, 0.6) is 0 Å². The van der Waals surface area contributed by atoms with Gasteiger partial charge in [-0.05, 0) is 110 Å². The minimum absolute atomic E-state index is 0.156. The molecular formula is C33H41FN2O4. The normalized spacial score (nSPS) is 41.6. The van der Waals surface area contributed by atoms with Crippen LogP contribution in [0.1, 0.15) is 56.7 Å². The Hall–Kier alpha value is -2.06. The molecule has 0 N–H and O–H groups in total. The van der Waals surface area contributed by atoms with Gasteiger partial charge < -0.3 is 18.9 Å². The Morgan fingerprint density at radius 3 is 2.75 bits per heavy atom. The molecule has 0 amide bonds. The van der Waals surface area contributed by atoms with Crippen molar-refractivity contribution in [1.82, 2.24) is 9.78 Å². The summed E-state index contributed by atoms with van der Waals surface area (Å²) in [4.78, 5) is 0. The van der Waals surface area contributed by atoms with Crippen molar-refractivity contribution >= 4 is 6.08 Å². The average molecular weight is 549 g/mol. The maximum Gasteiger partial charge on any atom is 0.146 e. The molecular weight excluding hydrogens is 507 g/mol. The van der Waals surface area contributed by atoms with Crippen LogP contribution in [0.15, 0.2) is 36.0 Å². The first-order valence-electron chi connectivity index (χ1n) is 15.3. The van der Waals surface area contributed by atoms with E-state index in [1.165, 1.54) is 42.5 Å². The van der Waals surface area contributed by atoms with Gasteiger partial charge in [0.1, 0.15) is 12.6 Å². The van der Waals surface area contributed by atoms with Crippen molar-refractivity contribution in [3.63, 3.8) is 0 Å². The van der Waals surface area contributed by atoms with Gasteiger partial charge in [-0.3, -0.25) is 0 Å². The molecule has 6 aliphatic rings. The Bertz CT molecular complexity index is 1310. The third-order valence-corrected chi connectivity index (χ3v) is 12.5. The van der Waals surface area contributed by atoms with Crippen molar-refractivity contribution < 1.29 is 23.3 Å². The van der Waals surface area contributed by atoms with E-state index in [1.54, 1.807) is 7.11 Å². The zero-order chi connectivity index (χ0) is 27.1. The van der Waals surface area contributed by atoms with Crippen LogP contribution in [0, 0.1) is 45.7 Å². The number of ether oxygens (including phenoxy) is 4. The van der Waals surface area contributed by atoms with Crippen molar-refractivity contribution in [2.75, 3.05) is 40.3 Å². The van der Waals surface area contributed by atoms with Crippen molar-refractivity contribution in [2.45, 2.75) is 58.0 Å². The van der Waals surface area contributed by atoms with E-state index in [-0.39, 0.29) is 28.2 Å². The van der Waals surface area contributed by atoms with Crippen LogP contribution in [-0.4, -0.2) is 56.2 Å². The number of hydrogen-bond acceptors (Lipinski definition) is 5. The lowest BCUT2D eigenvalue weighted by molar-refractivity contribution is -0.189. The molecule has 0 bridgehead atoms. The van der Waals surface area contributed by atoms with Crippen LogP contribution in [0.25, 0.3) is 11.8 Å². The zero-order valence-corrected chi connectivity index (χ0v) is 23.7. The molecule has 40 heavy (non-hydrogen) atoms. The first kappa shape index (κ1) is 25.6. The molecule has 3 saturated carbocycles. The molecule has 8 unspecified atom stereocenters. The fourth-order valence-electron chi connectivity index (χ4n) is 10.8. The number of hydrogen-bond donors (Lipinski definition) is 0. The molecule has 2 spiro atoms. The monoisotopic (exact) mass is 548 g/mol. The lowest BCUT2D eigenvalue weighted by Crippen LogP contribution is -2.59. The van der Waals surface area contributed by atoms with Crippen molar-refractivity contribution in [3.8, 4) is 5.69 Å². The van der Waals surface area contributed by atoms with Crippen molar-refractivity contribution in [1.29, 1.82) is 0 Å². The summed E-state index contributed by atoms with van der Waals surface area (Å²) < 4.78 is 40.2. The van der Waals surface area contributed by atoms with Gasteiger partial charge in [-0.25, -0.2) is 9.07 Å². The van der Waals surface area contributed by atoms with E-state index in [0.717, 1.165) is 63.5 Å². The van der Waals surface area contributed by atoms with Gasteiger partial charge in [0.2, 0.25) is 0 Å². The topological polar surface area (TPSA) is 54.7 Å². The Morgan fingerprint density at radius 2 is 1.95 bits per heavy atom. The number of methoxy groups -OCH3 is 1. The molecule has 2 aromatic rings. The van der Waals surface area contributed by atoms with Crippen LogP contribution in [-0.2, 0) is 25.4 Å². The number of allylic oxidation sites excluding steroid dienone is 1. The minimum atomic E-state index is -0.225. The van der Waals surface area contributed by atoms with Gasteiger partial charge in [-0.1, -0.05) is 12.5 Å². The second kappa shape index (κ2) is 9.22. The SMILES string of the molecule is COCOC1CC2(C)C(CCC23COCC32CCOC2)C2CCC3=Cc4c(cnn4-c4ccc(F)cc4)CC3C12. The zero-order valence-electron chi connectivity index (χ0n) is 23.7. The molecule has 8 atom stereocenters. The van der Waals surface area contributed by atoms with E-state index in [4.69, 9.17) is 24.0 Å². The number of benzene rings is 1. The highest BCUT2D eigenvalue weighted by Crippen LogP contribution is 2.74. The molecule has 214 valence electrons. The molecule has 8 rings (SSSR count). The molecule has 2 aliphatic heterocycles. The summed E-state index contributed by atoms with van der Waals surface area (Å²) in [6.45, 7) is 6.37. The van der Waals surface area contributed by atoms with Gasteiger partial charge in [-0.2, -0.15) is 5.10 Å². The Kier molecular flexibility index (Phi) is 5.91. The molecule has 3 heterocycles. The maximum absolute atomic E-state index is 13.6. The summed E-state index contributed by atoms with van der Waals surface area (Å²) in [7, 11) is 1.74. The smallest absolute Gasteiger partial charge is 0.146 e. The first-order chi connectivity index (χ1) is 19.5.